The van der Waals surface area contributed by atoms with Crippen LogP contribution in [0.2, 0.25) is 0 Å². The largest absolute Gasteiger partial charge is 0.496 e. The van der Waals surface area contributed by atoms with E-state index in [0.717, 1.165) is 5.56 Å². The molecule has 134 valence electrons. The first-order chi connectivity index (χ1) is 12.7. The van der Waals surface area contributed by atoms with Crippen molar-refractivity contribution >= 4 is 5.91 Å². The molecular weight excluding hydrogens is 330 g/mol. The number of nitrogens with zero attached hydrogens (tertiary/aromatic N) is 2. The molecule has 6 heteroatoms. The van der Waals surface area contributed by atoms with Crippen LogP contribution < -0.4 is 14.8 Å². The molecule has 0 spiro atoms. The molecule has 0 aliphatic carbocycles. The van der Waals surface area contributed by atoms with Crippen LogP contribution in [0.15, 0.2) is 67.0 Å². The van der Waals surface area contributed by atoms with Gasteiger partial charge in [0.1, 0.15) is 23.4 Å². The SMILES string of the molecule is COc1ccccc1C(NC(=O)COc1ccccc1)c1nccn1C. The number of carbonyl (C=O) groups excluding carboxylic acids is 1. The van der Waals surface area contributed by atoms with Gasteiger partial charge in [0.05, 0.1) is 7.11 Å². The number of para-hydroxylation sites is 2. The van der Waals surface area contributed by atoms with Crippen molar-refractivity contribution in [1.82, 2.24) is 14.9 Å². The zero-order chi connectivity index (χ0) is 18.4. The quantitative estimate of drug-likeness (QED) is 0.711. The first-order valence-corrected chi connectivity index (χ1v) is 8.26. The fourth-order valence-electron chi connectivity index (χ4n) is 2.71. The third-order valence-electron chi connectivity index (χ3n) is 3.99. The average Bonchev–Trinajstić information content (AvgIpc) is 3.11. The van der Waals surface area contributed by atoms with E-state index in [4.69, 9.17) is 9.47 Å². The number of amides is 1. The molecule has 0 fully saturated rings. The molecule has 26 heavy (non-hydrogen) atoms. The maximum Gasteiger partial charge on any atom is 0.258 e. The lowest BCUT2D eigenvalue weighted by Gasteiger charge is -2.21. The number of aromatic nitrogens is 2. The Morgan fingerprint density at radius 2 is 1.88 bits per heavy atom. The second-order valence-corrected chi connectivity index (χ2v) is 5.74. The number of rotatable bonds is 7. The van der Waals surface area contributed by atoms with Gasteiger partial charge in [-0.25, -0.2) is 4.98 Å². The third kappa shape index (κ3) is 4.03. The molecular formula is C20H21N3O3. The summed E-state index contributed by atoms with van der Waals surface area (Å²) in [5, 5.41) is 2.99. The number of aryl methyl sites for hydroxylation is 1. The van der Waals surface area contributed by atoms with E-state index in [0.29, 0.717) is 17.3 Å². The molecule has 0 bridgehead atoms. The molecule has 3 rings (SSSR count). The van der Waals surface area contributed by atoms with Gasteiger partial charge in [0, 0.05) is 25.0 Å². The van der Waals surface area contributed by atoms with Crippen LogP contribution in [0.25, 0.3) is 0 Å². The summed E-state index contributed by atoms with van der Waals surface area (Å²) in [6, 6.07) is 16.3. The highest BCUT2D eigenvalue weighted by Crippen LogP contribution is 2.28. The Labute approximate surface area is 152 Å². The van der Waals surface area contributed by atoms with Gasteiger partial charge in [0.2, 0.25) is 0 Å². The van der Waals surface area contributed by atoms with Gasteiger partial charge < -0.3 is 19.4 Å². The van der Waals surface area contributed by atoms with Crippen LogP contribution in [0, 0.1) is 0 Å². The molecule has 3 aromatic rings. The van der Waals surface area contributed by atoms with Crippen molar-refractivity contribution in [2.75, 3.05) is 13.7 Å². The van der Waals surface area contributed by atoms with Crippen LogP contribution in [0.3, 0.4) is 0 Å². The summed E-state index contributed by atoms with van der Waals surface area (Å²) < 4.78 is 12.9. The number of methoxy groups -OCH3 is 1. The summed E-state index contributed by atoms with van der Waals surface area (Å²) in [4.78, 5) is 16.9. The Bertz CT molecular complexity index is 862. The number of ether oxygens (including phenoxy) is 2. The van der Waals surface area contributed by atoms with E-state index in [9.17, 15) is 4.79 Å². The Morgan fingerprint density at radius 3 is 2.58 bits per heavy atom. The summed E-state index contributed by atoms with van der Waals surface area (Å²) in [5.74, 6) is 1.80. The molecule has 1 heterocycles. The van der Waals surface area contributed by atoms with Crippen molar-refractivity contribution in [2.45, 2.75) is 6.04 Å². The van der Waals surface area contributed by atoms with Gasteiger partial charge in [-0.2, -0.15) is 0 Å². The van der Waals surface area contributed by atoms with Gasteiger partial charge in [0.25, 0.3) is 5.91 Å². The van der Waals surface area contributed by atoms with Crippen LogP contribution in [0.5, 0.6) is 11.5 Å². The van der Waals surface area contributed by atoms with Crippen LogP contribution in [0.4, 0.5) is 0 Å². The molecule has 2 aromatic carbocycles. The van der Waals surface area contributed by atoms with Crippen molar-refractivity contribution < 1.29 is 14.3 Å². The van der Waals surface area contributed by atoms with E-state index in [1.165, 1.54) is 0 Å². The zero-order valence-corrected chi connectivity index (χ0v) is 14.8. The van der Waals surface area contributed by atoms with Gasteiger partial charge >= 0.3 is 0 Å². The molecule has 6 nitrogen and oxygen atoms in total. The molecule has 1 atom stereocenters. The Kier molecular flexibility index (Phi) is 5.53. The van der Waals surface area contributed by atoms with Gasteiger partial charge in [0.15, 0.2) is 6.61 Å². The monoisotopic (exact) mass is 351 g/mol. The molecule has 1 N–H and O–H groups in total. The topological polar surface area (TPSA) is 65.4 Å². The molecule has 0 saturated heterocycles. The fourth-order valence-corrected chi connectivity index (χ4v) is 2.71. The highest BCUT2D eigenvalue weighted by molar-refractivity contribution is 5.78. The number of hydrogen-bond donors (Lipinski definition) is 1. The predicted molar refractivity (Wildman–Crippen MR) is 98.1 cm³/mol. The second-order valence-electron chi connectivity index (χ2n) is 5.74. The van der Waals surface area contributed by atoms with Crippen LogP contribution >= 0.6 is 0 Å². The minimum absolute atomic E-state index is 0.0832. The summed E-state index contributed by atoms with van der Waals surface area (Å²) in [6.07, 6.45) is 3.54. The highest BCUT2D eigenvalue weighted by atomic mass is 16.5. The van der Waals surface area contributed by atoms with E-state index >= 15 is 0 Å². The van der Waals surface area contributed by atoms with Crippen LogP contribution in [0.1, 0.15) is 17.4 Å². The number of imidazole rings is 1. The molecule has 0 aliphatic heterocycles. The maximum atomic E-state index is 12.5. The van der Waals surface area contributed by atoms with Gasteiger partial charge in [-0.15, -0.1) is 0 Å². The molecule has 1 amide bonds. The highest BCUT2D eigenvalue weighted by Gasteiger charge is 2.23. The lowest BCUT2D eigenvalue weighted by Crippen LogP contribution is -2.34. The van der Waals surface area contributed by atoms with E-state index < -0.39 is 6.04 Å². The fraction of sp³-hybridized carbons (Fsp3) is 0.200. The second kappa shape index (κ2) is 8.20. The Hall–Kier alpha value is -3.28. The van der Waals surface area contributed by atoms with Crippen molar-refractivity contribution in [2.24, 2.45) is 7.05 Å². The number of hydrogen-bond acceptors (Lipinski definition) is 4. The first-order valence-electron chi connectivity index (χ1n) is 8.26. The minimum Gasteiger partial charge on any atom is -0.496 e. The summed E-state index contributed by atoms with van der Waals surface area (Å²) >= 11 is 0. The Balaban J connectivity index is 1.80. The van der Waals surface area contributed by atoms with Crippen molar-refractivity contribution in [3.63, 3.8) is 0 Å². The van der Waals surface area contributed by atoms with Gasteiger partial charge in [-0.3, -0.25) is 4.79 Å². The summed E-state index contributed by atoms with van der Waals surface area (Å²) in [7, 11) is 3.49. The average molecular weight is 351 g/mol. The van der Waals surface area contributed by atoms with Crippen molar-refractivity contribution in [1.29, 1.82) is 0 Å². The van der Waals surface area contributed by atoms with E-state index in [2.05, 4.69) is 10.3 Å². The molecule has 1 aromatic heterocycles. The number of nitrogens with one attached hydrogen (secondary N) is 1. The number of benzene rings is 2. The van der Waals surface area contributed by atoms with E-state index in [-0.39, 0.29) is 12.5 Å². The molecule has 0 saturated carbocycles. The molecule has 1 unspecified atom stereocenters. The van der Waals surface area contributed by atoms with Gasteiger partial charge in [-0.05, 0) is 18.2 Å². The standard InChI is InChI=1S/C20H21N3O3/c1-23-13-12-21-20(23)19(16-10-6-7-11-17(16)25-2)22-18(24)14-26-15-8-4-3-5-9-15/h3-13,19H,14H2,1-2H3,(H,22,24). The first kappa shape index (κ1) is 17.5. The van der Waals surface area contributed by atoms with Crippen LogP contribution in [-0.2, 0) is 11.8 Å². The third-order valence-corrected chi connectivity index (χ3v) is 3.99. The van der Waals surface area contributed by atoms with E-state index in [1.54, 1.807) is 13.3 Å². The maximum absolute atomic E-state index is 12.5. The normalized spacial score (nSPS) is 11.6. The summed E-state index contributed by atoms with van der Waals surface area (Å²) in [5.41, 5.74) is 0.831. The van der Waals surface area contributed by atoms with Gasteiger partial charge in [-0.1, -0.05) is 36.4 Å². The molecule has 0 radical (unpaired) electrons. The lowest BCUT2D eigenvalue weighted by atomic mass is 10.0. The lowest BCUT2D eigenvalue weighted by molar-refractivity contribution is -0.123. The van der Waals surface area contributed by atoms with Crippen molar-refractivity contribution in [3.05, 3.63) is 78.4 Å². The number of carbonyl (C=O) groups is 1. The van der Waals surface area contributed by atoms with E-state index in [1.807, 2.05) is 72.4 Å². The van der Waals surface area contributed by atoms with Crippen LogP contribution in [-0.4, -0.2) is 29.2 Å². The summed E-state index contributed by atoms with van der Waals surface area (Å²) in [6.45, 7) is -0.0832. The predicted octanol–water partition coefficient (Wildman–Crippen LogP) is 2.71. The minimum atomic E-state index is -0.446. The smallest absolute Gasteiger partial charge is 0.258 e. The molecule has 0 aliphatic rings. The zero-order valence-electron chi connectivity index (χ0n) is 14.8. The Morgan fingerprint density at radius 1 is 1.15 bits per heavy atom. The van der Waals surface area contributed by atoms with Crippen molar-refractivity contribution in [3.8, 4) is 11.5 Å².